The van der Waals surface area contributed by atoms with Crippen LogP contribution in [0.25, 0.3) is 5.69 Å². The first-order chi connectivity index (χ1) is 12.4. The predicted octanol–water partition coefficient (Wildman–Crippen LogP) is 2.56. The van der Waals surface area contributed by atoms with E-state index in [1.54, 1.807) is 0 Å². The smallest absolute Gasteiger partial charge is 0.250 e. The van der Waals surface area contributed by atoms with Crippen molar-refractivity contribution in [2.24, 2.45) is 5.92 Å². The first-order valence-corrected chi connectivity index (χ1v) is 8.94. The van der Waals surface area contributed by atoms with E-state index in [0.29, 0.717) is 0 Å². The Morgan fingerprint density at radius 2 is 1.92 bits per heavy atom. The molecule has 3 aromatic rings. The summed E-state index contributed by atoms with van der Waals surface area (Å²) in [7, 11) is 0. The SMILES string of the molecule is c1ccc(-n2nnnc2N2CCC(CCCn3ccnc3)CC2)cc1. The third-order valence-corrected chi connectivity index (χ3v) is 4.94. The Kier molecular flexibility index (Phi) is 4.72. The van der Waals surface area contributed by atoms with Gasteiger partial charge in [0.1, 0.15) is 0 Å². The molecule has 1 saturated heterocycles. The van der Waals surface area contributed by atoms with Gasteiger partial charge in [-0.25, -0.2) is 4.98 Å². The first kappa shape index (κ1) is 15.8. The number of aryl methyl sites for hydroxylation is 1. The molecule has 0 spiro atoms. The number of hydrogen-bond donors (Lipinski definition) is 0. The summed E-state index contributed by atoms with van der Waals surface area (Å²) in [6.07, 6.45) is 10.7. The summed E-state index contributed by atoms with van der Waals surface area (Å²) in [5.41, 5.74) is 1.00. The molecule has 1 aliphatic heterocycles. The van der Waals surface area contributed by atoms with Crippen molar-refractivity contribution in [1.29, 1.82) is 0 Å². The second-order valence-corrected chi connectivity index (χ2v) is 6.60. The number of aromatic nitrogens is 6. The molecule has 2 aromatic heterocycles. The summed E-state index contributed by atoms with van der Waals surface area (Å²) in [4.78, 5) is 6.40. The molecule has 3 heterocycles. The number of imidazole rings is 1. The fourth-order valence-electron chi connectivity index (χ4n) is 3.52. The number of para-hydroxylation sites is 1. The van der Waals surface area contributed by atoms with Gasteiger partial charge in [0, 0.05) is 32.0 Å². The average molecular weight is 337 g/mol. The van der Waals surface area contributed by atoms with Gasteiger partial charge in [-0.1, -0.05) is 23.3 Å². The second-order valence-electron chi connectivity index (χ2n) is 6.60. The molecule has 0 N–H and O–H groups in total. The Bertz CT molecular complexity index is 758. The van der Waals surface area contributed by atoms with Crippen LogP contribution in [0, 0.1) is 5.92 Å². The van der Waals surface area contributed by atoms with E-state index >= 15 is 0 Å². The first-order valence-electron chi connectivity index (χ1n) is 8.94. The normalized spacial score (nSPS) is 15.6. The molecule has 0 saturated carbocycles. The quantitative estimate of drug-likeness (QED) is 0.692. The van der Waals surface area contributed by atoms with Crippen LogP contribution in [-0.4, -0.2) is 42.8 Å². The number of piperidine rings is 1. The minimum atomic E-state index is 0.792. The lowest BCUT2D eigenvalue weighted by atomic mass is 9.92. The molecule has 1 aromatic carbocycles. The number of rotatable bonds is 6. The molecule has 7 heteroatoms. The largest absolute Gasteiger partial charge is 0.339 e. The van der Waals surface area contributed by atoms with Crippen molar-refractivity contribution >= 4 is 5.95 Å². The highest BCUT2D eigenvalue weighted by molar-refractivity contribution is 5.40. The molecule has 7 nitrogen and oxygen atoms in total. The molecule has 1 fully saturated rings. The van der Waals surface area contributed by atoms with Gasteiger partial charge in [0.2, 0.25) is 5.95 Å². The van der Waals surface area contributed by atoms with E-state index in [9.17, 15) is 0 Å². The Balaban J connectivity index is 1.31. The van der Waals surface area contributed by atoms with E-state index in [0.717, 1.165) is 37.2 Å². The van der Waals surface area contributed by atoms with Crippen molar-refractivity contribution in [2.45, 2.75) is 32.2 Å². The maximum atomic E-state index is 4.25. The Labute approximate surface area is 147 Å². The lowest BCUT2D eigenvalue weighted by molar-refractivity contribution is 0.361. The Morgan fingerprint density at radius 3 is 2.68 bits per heavy atom. The topological polar surface area (TPSA) is 64.7 Å². The maximum Gasteiger partial charge on any atom is 0.250 e. The molecule has 0 atom stereocenters. The van der Waals surface area contributed by atoms with Gasteiger partial charge in [0.05, 0.1) is 12.0 Å². The van der Waals surface area contributed by atoms with Gasteiger partial charge >= 0.3 is 0 Å². The minimum Gasteiger partial charge on any atom is -0.339 e. The summed E-state index contributed by atoms with van der Waals surface area (Å²) >= 11 is 0. The number of benzene rings is 1. The zero-order valence-electron chi connectivity index (χ0n) is 14.3. The van der Waals surface area contributed by atoms with Crippen molar-refractivity contribution in [2.75, 3.05) is 18.0 Å². The van der Waals surface area contributed by atoms with E-state index in [1.165, 1.54) is 25.7 Å². The molecule has 0 aliphatic carbocycles. The van der Waals surface area contributed by atoms with Crippen LogP contribution in [0.1, 0.15) is 25.7 Å². The van der Waals surface area contributed by atoms with Gasteiger partial charge in [-0.05, 0) is 54.2 Å². The van der Waals surface area contributed by atoms with E-state index in [4.69, 9.17) is 0 Å². The molecule has 0 unspecified atom stereocenters. The number of hydrogen-bond acceptors (Lipinski definition) is 5. The summed E-state index contributed by atoms with van der Waals surface area (Å²) < 4.78 is 3.99. The van der Waals surface area contributed by atoms with Crippen molar-refractivity contribution in [3.8, 4) is 5.69 Å². The Hall–Kier alpha value is -2.70. The van der Waals surface area contributed by atoms with Crippen molar-refractivity contribution in [1.82, 2.24) is 29.8 Å². The average Bonchev–Trinajstić information content (AvgIpc) is 3.35. The van der Waals surface area contributed by atoms with Gasteiger partial charge in [-0.3, -0.25) is 0 Å². The second kappa shape index (κ2) is 7.46. The summed E-state index contributed by atoms with van der Waals surface area (Å²) in [5, 5.41) is 12.3. The lowest BCUT2D eigenvalue weighted by Gasteiger charge is -2.32. The molecule has 4 rings (SSSR count). The molecule has 0 amide bonds. The van der Waals surface area contributed by atoms with Gasteiger partial charge < -0.3 is 9.47 Å². The number of anilines is 1. The van der Waals surface area contributed by atoms with Crippen molar-refractivity contribution in [3.05, 3.63) is 49.1 Å². The zero-order valence-corrected chi connectivity index (χ0v) is 14.3. The molecule has 130 valence electrons. The molecule has 0 bridgehead atoms. The molecule has 25 heavy (non-hydrogen) atoms. The van der Waals surface area contributed by atoms with Crippen LogP contribution in [0.15, 0.2) is 49.1 Å². The zero-order chi connectivity index (χ0) is 16.9. The molecule has 1 aliphatic rings. The highest BCUT2D eigenvalue weighted by atomic mass is 15.6. The summed E-state index contributed by atoms with van der Waals surface area (Å²) in [6.45, 7) is 3.10. The van der Waals surface area contributed by atoms with E-state index in [-0.39, 0.29) is 0 Å². The minimum absolute atomic E-state index is 0.792. The fourth-order valence-corrected chi connectivity index (χ4v) is 3.52. The van der Waals surface area contributed by atoms with Crippen LogP contribution in [0.5, 0.6) is 0 Å². The van der Waals surface area contributed by atoms with Gasteiger partial charge in [-0.15, -0.1) is 0 Å². The van der Waals surface area contributed by atoms with Crippen molar-refractivity contribution < 1.29 is 0 Å². The van der Waals surface area contributed by atoms with Crippen LogP contribution in [0.3, 0.4) is 0 Å². The highest BCUT2D eigenvalue weighted by Gasteiger charge is 2.23. The van der Waals surface area contributed by atoms with Gasteiger partial charge in [0.25, 0.3) is 0 Å². The lowest BCUT2D eigenvalue weighted by Crippen LogP contribution is -2.35. The summed E-state index contributed by atoms with van der Waals surface area (Å²) in [5.74, 6) is 1.64. The molecular formula is C18H23N7. The van der Waals surface area contributed by atoms with Gasteiger partial charge in [-0.2, -0.15) is 4.68 Å². The number of tetrazole rings is 1. The third-order valence-electron chi connectivity index (χ3n) is 4.94. The van der Waals surface area contributed by atoms with E-state index in [2.05, 4.69) is 30.0 Å². The van der Waals surface area contributed by atoms with Crippen LogP contribution in [0.4, 0.5) is 5.95 Å². The van der Waals surface area contributed by atoms with Crippen LogP contribution in [0.2, 0.25) is 0 Å². The number of nitrogens with zero attached hydrogens (tertiary/aromatic N) is 7. The Morgan fingerprint density at radius 1 is 1.08 bits per heavy atom. The van der Waals surface area contributed by atoms with Crippen LogP contribution in [-0.2, 0) is 6.54 Å². The standard InChI is InChI=1S/C18H23N7/c1-2-6-17(7-3-1)25-18(20-21-22-25)24-12-8-16(9-13-24)5-4-11-23-14-10-19-15-23/h1-3,6-7,10,14-16H,4-5,8-9,11-13H2. The molecule has 0 radical (unpaired) electrons. The van der Waals surface area contributed by atoms with E-state index in [1.807, 2.05) is 53.7 Å². The maximum absolute atomic E-state index is 4.25. The highest BCUT2D eigenvalue weighted by Crippen LogP contribution is 2.25. The third kappa shape index (κ3) is 3.70. The van der Waals surface area contributed by atoms with Crippen LogP contribution < -0.4 is 4.90 Å². The predicted molar refractivity (Wildman–Crippen MR) is 95.6 cm³/mol. The van der Waals surface area contributed by atoms with E-state index < -0.39 is 0 Å². The fraction of sp³-hybridized carbons (Fsp3) is 0.444. The van der Waals surface area contributed by atoms with Crippen molar-refractivity contribution in [3.63, 3.8) is 0 Å². The van der Waals surface area contributed by atoms with Crippen LogP contribution >= 0.6 is 0 Å². The monoisotopic (exact) mass is 337 g/mol. The summed E-state index contributed by atoms with van der Waals surface area (Å²) in [6, 6.07) is 10.1. The molecular weight excluding hydrogens is 314 g/mol. The van der Waals surface area contributed by atoms with Gasteiger partial charge in [0.15, 0.2) is 0 Å².